The number of carbonyl (C=O) groups excluding carboxylic acids is 2. The van der Waals surface area contributed by atoms with Crippen molar-refractivity contribution >= 4 is 23.4 Å². The number of amides is 2. The average Bonchev–Trinajstić information content (AvgIpc) is 3.28. The Bertz CT molecular complexity index is 969. The fraction of sp³-hybridized carbons (Fsp3) is 0.440. The van der Waals surface area contributed by atoms with Gasteiger partial charge in [0.05, 0.1) is 18.7 Å². The van der Waals surface area contributed by atoms with Gasteiger partial charge >= 0.3 is 0 Å². The van der Waals surface area contributed by atoms with Crippen LogP contribution >= 0.6 is 11.6 Å². The van der Waals surface area contributed by atoms with Crippen LogP contribution in [-0.2, 0) is 4.79 Å². The van der Waals surface area contributed by atoms with Gasteiger partial charge < -0.3 is 14.5 Å². The van der Waals surface area contributed by atoms with Crippen molar-refractivity contribution in [2.45, 2.75) is 38.6 Å². The van der Waals surface area contributed by atoms with Crippen LogP contribution < -0.4 is 4.74 Å². The summed E-state index contributed by atoms with van der Waals surface area (Å²) in [5.41, 5.74) is 2.97. The summed E-state index contributed by atoms with van der Waals surface area (Å²) in [7, 11) is 1.55. The van der Waals surface area contributed by atoms with Crippen LogP contribution in [0, 0.1) is 12.8 Å². The van der Waals surface area contributed by atoms with Crippen molar-refractivity contribution in [2.24, 2.45) is 5.92 Å². The maximum atomic E-state index is 13.4. The molecular weight excluding hydrogens is 412 g/mol. The molecule has 31 heavy (non-hydrogen) atoms. The third-order valence-corrected chi connectivity index (χ3v) is 6.84. The molecule has 2 saturated heterocycles. The van der Waals surface area contributed by atoms with E-state index in [4.69, 9.17) is 16.3 Å². The lowest BCUT2D eigenvalue weighted by Gasteiger charge is -2.35. The molecule has 1 unspecified atom stereocenters. The number of likely N-dealkylation sites (tertiary alicyclic amines) is 2. The zero-order valence-corrected chi connectivity index (χ0v) is 18.9. The van der Waals surface area contributed by atoms with E-state index < -0.39 is 0 Å². The van der Waals surface area contributed by atoms with E-state index in [1.807, 2.05) is 6.07 Å². The molecule has 0 saturated carbocycles. The monoisotopic (exact) mass is 440 g/mol. The molecule has 5 nitrogen and oxygen atoms in total. The molecule has 2 aliphatic rings. The van der Waals surface area contributed by atoms with Crippen molar-refractivity contribution in [3.05, 3.63) is 64.2 Å². The quantitative estimate of drug-likeness (QED) is 0.681. The van der Waals surface area contributed by atoms with E-state index in [2.05, 4.69) is 30.0 Å². The molecule has 6 heteroatoms. The number of hydrogen-bond acceptors (Lipinski definition) is 3. The lowest BCUT2D eigenvalue weighted by Crippen LogP contribution is -2.44. The van der Waals surface area contributed by atoms with Crippen LogP contribution in [0.1, 0.15) is 53.2 Å². The minimum atomic E-state index is -0.0933. The lowest BCUT2D eigenvalue weighted by molar-refractivity contribution is -0.137. The van der Waals surface area contributed by atoms with E-state index >= 15 is 0 Å². The van der Waals surface area contributed by atoms with Gasteiger partial charge in [-0.15, -0.1) is 0 Å². The second-order valence-electron chi connectivity index (χ2n) is 8.46. The largest absolute Gasteiger partial charge is 0.496 e. The van der Waals surface area contributed by atoms with Crippen molar-refractivity contribution in [1.82, 2.24) is 9.80 Å². The first kappa shape index (κ1) is 21.7. The van der Waals surface area contributed by atoms with Gasteiger partial charge in [-0.25, -0.2) is 0 Å². The zero-order chi connectivity index (χ0) is 22.0. The standard InChI is InChI=1S/C25H29ClN2O3/c1-17-6-3-4-7-20(17)22-8-5-13-28(22)24(29)18-11-14-27(15-12-18)25(30)21-16-19(26)9-10-23(21)31-2/h3-4,6-7,9-10,16,18,22H,5,8,11-15H2,1-2H3. The smallest absolute Gasteiger partial charge is 0.257 e. The summed E-state index contributed by atoms with van der Waals surface area (Å²) in [4.78, 5) is 30.3. The first-order valence-corrected chi connectivity index (χ1v) is 11.4. The molecule has 1 atom stereocenters. The Balaban J connectivity index is 1.42. The van der Waals surface area contributed by atoms with E-state index in [9.17, 15) is 9.59 Å². The highest BCUT2D eigenvalue weighted by atomic mass is 35.5. The molecule has 0 spiro atoms. The van der Waals surface area contributed by atoms with E-state index in [1.54, 1.807) is 30.2 Å². The number of rotatable bonds is 4. The SMILES string of the molecule is COc1ccc(Cl)cc1C(=O)N1CCC(C(=O)N2CCCC2c2ccccc2C)CC1. The fourth-order valence-electron chi connectivity index (χ4n) is 4.90. The van der Waals surface area contributed by atoms with Gasteiger partial charge in [-0.2, -0.15) is 0 Å². The number of carbonyl (C=O) groups is 2. The van der Waals surface area contributed by atoms with Crippen molar-refractivity contribution in [2.75, 3.05) is 26.7 Å². The van der Waals surface area contributed by atoms with Crippen molar-refractivity contribution in [1.29, 1.82) is 0 Å². The number of nitrogens with zero attached hydrogens (tertiary/aromatic N) is 2. The van der Waals surface area contributed by atoms with Gasteiger partial charge in [0.2, 0.25) is 5.91 Å². The number of aryl methyl sites for hydroxylation is 1. The Morgan fingerprint density at radius 3 is 2.48 bits per heavy atom. The van der Waals surface area contributed by atoms with Crippen LogP contribution in [0.25, 0.3) is 0 Å². The molecule has 4 rings (SSSR count). The van der Waals surface area contributed by atoms with Crippen LogP contribution in [0.4, 0.5) is 0 Å². The second-order valence-corrected chi connectivity index (χ2v) is 8.89. The van der Waals surface area contributed by atoms with Crippen molar-refractivity contribution in [3.63, 3.8) is 0 Å². The minimum absolute atomic E-state index is 0.0325. The number of methoxy groups -OCH3 is 1. The Morgan fingerprint density at radius 2 is 1.77 bits per heavy atom. The molecule has 2 aromatic rings. The first-order chi connectivity index (χ1) is 15.0. The maximum absolute atomic E-state index is 13.4. The summed E-state index contributed by atoms with van der Waals surface area (Å²) in [6, 6.07) is 13.6. The second kappa shape index (κ2) is 9.31. The highest BCUT2D eigenvalue weighted by Gasteiger charge is 2.36. The Hall–Kier alpha value is -2.53. The first-order valence-electron chi connectivity index (χ1n) is 11.0. The molecule has 2 aliphatic heterocycles. The molecule has 0 radical (unpaired) electrons. The predicted octanol–water partition coefficient (Wildman–Crippen LogP) is 4.87. The molecule has 0 aliphatic carbocycles. The minimum Gasteiger partial charge on any atom is -0.496 e. The molecule has 2 heterocycles. The number of benzene rings is 2. The van der Waals surface area contributed by atoms with E-state index in [0.717, 1.165) is 19.4 Å². The van der Waals surface area contributed by atoms with Gasteiger partial charge in [0.25, 0.3) is 5.91 Å². The van der Waals surface area contributed by atoms with Crippen molar-refractivity contribution in [3.8, 4) is 5.75 Å². The predicted molar refractivity (Wildman–Crippen MR) is 121 cm³/mol. The summed E-state index contributed by atoms with van der Waals surface area (Å²) in [5, 5.41) is 0.505. The topological polar surface area (TPSA) is 49.9 Å². The Labute approximate surface area is 188 Å². The molecule has 0 N–H and O–H groups in total. The van der Waals surface area contributed by atoms with Gasteiger partial charge in [-0.1, -0.05) is 35.9 Å². The summed E-state index contributed by atoms with van der Waals surface area (Å²) in [6.07, 6.45) is 3.42. The van der Waals surface area contributed by atoms with Crippen LogP contribution in [0.2, 0.25) is 5.02 Å². The fourth-order valence-corrected chi connectivity index (χ4v) is 5.07. The number of hydrogen-bond donors (Lipinski definition) is 0. The Morgan fingerprint density at radius 1 is 1.03 bits per heavy atom. The number of ether oxygens (including phenoxy) is 1. The number of piperidine rings is 1. The van der Waals surface area contributed by atoms with Gasteiger partial charge in [0.15, 0.2) is 0 Å². The normalized spacial score (nSPS) is 19.5. The van der Waals surface area contributed by atoms with Crippen molar-refractivity contribution < 1.29 is 14.3 Å². The van der Waals surface area contributed by atoms with Gasteiger partial charge in [-0.3, -0.25) is 9.59 Å². The highest BCUT2D eigenvalue weighted by molar-refractivity contribution is 6.31. The van der Waals surface area contributed by atoms with Crippen LogP contribution in [0.3, 0.4) is 0 Å². The third-order valence-electron chi connectivity index (χ3n) is 6.61. The lowest BCUT2D eigenvalue weighted by atomic mass is 9.93. The van der Waals surface area contributed by atoms with Gasteiger partial charge in [-0.05, 0) is 61.9 Å². The molecule has 0 bridgehead atoms. The van der Waals surface area contributed by atoms with Gasteiger partial charge in [0, 0.05) is 30.6 Å². The van der Waals surface area contributed by atoms with E-state index in [-0.39, 0.29) is 23.8 Å². The molecule has 2 amide bonds. The maximum Gasteiger partial charge on any atom is 0.257 e. The average molecular weight is 441 g/mol. The Kier molecular flexibility index (Phi) is 6.51. The van der Waals surface area contributed by atoms with Crippen LogP contribution in [0.5, 0.6) is 5.75 Å². The van der Waals surface area contributed by atoms with Crippen LogP contribution in [0.15, 0.2) is 42.5 Å². The summed E-state index contributed by atoms with van der Waals surface area (Å²) >= 11 is 6.09. The third kappa shape index (κ3) is 4.42. The van der Waals surface area contributed by atoms with Crippen LogP contribution in [-0.4, -0.2) is 48.4 Å². The molecular formula is C25H29ClN2O3. The molecule has 2 aromatic carbocycles. The van der Waals surface area contributed by atoms with E-state index in [1.165, 1.54) is 11.1 Å². The summed E-state index contributed by atoms with van der Waals surface area (Å²) in [6.45, 7) is 4.06. The summed E-state index contributed by atoms with van der Waals surface area (Å²) in [5.74, 6) is 0.628. The van der Waals surface area contributed by atoms with E-state index in [0.29, 0.717) is 42.3 Å². The number of halogens is 1. The zero-order valence-electron chi connectivity index (χ0n) is 18.1. The summed E-state index contributed by atoms with van der Waals surface area (Å²) < 4.78 is 5.34. The molecule has 0 aromatic heterocycles. The van der Waals surface area contributed by atoms with Gasteiger partial charge in [0.1, 0.15) is 5.75 Å². The molecule has 2 fully saturated rings. The highest BCUT2D eigenvalue weighted by Crippen LogP contribution is 2.36. The molecule has 164 valence electrons.